The summed E-state index contributed by atoms with van der Waals surface area (Å²) in [6.45, 7) is 5.76. The lowest BCUT2D eigenvalue weighted by Gasteiger charge is -2.44. The van der Waals surface area contributed by atoms with Gasteiger partial charge in [0.15, 0.2) is 6.61 Å². The second-order valence-electron chi connectivity index (χ2n) is 10.4. The van der Waals surface area contributed by atoms with Gasteiger partial charge in [-0.05, 0) is 42.7 Å². The van der Waals surface area contributed by atoms with Crippen LogP contribution in [0.15, 0.2) is 97.1 Å². The van der Waals surface area contributed by atoms with Crippen molar-refractivity contribution in [2.24, 2.45) is 0 Å². The molecule has 0 bridgehead atoms. The topological polar surface area (TPSA) is 75.9 Å². The third-order valence-electron chi connectivity index (χ3n) is 7.53. The number of piperazine rings is 1. The molecule has 0 N–H and O–H groups in total. The average Bonchev–Trinajstić information content (AvgIpc) is 2.99. The van der Waals surface area contributed by atoms with Crippen LogP contribution in [0.2, 0.25) is 0 Å². The minimum absolute atomic E-state index is 0.0539. The third-order valence-corrected chi connectivity index (χ3v) is 7.53. The number of nitro groups is 1. The lowest BCUT2D eigenvalue weighted by atomic mass is 9.96. The first-order valence-corrected chi connectivity index (χ1v) is 13.6. The van der Waals surface area contributed by atoms with Gasteiger partial charge in [-0.2, -0.15) is 0 Å². The van der Waals surface area contributed by atoms with Crippen LogP contribution < -0.4 is 4.74 Å². The minimum Gasteiger partial charge on any atom is -0.482 e. The summed E-state index contributed by atoms with van der Waals surface area (Å²) in [6, 6.07) is 28.2. The third kappa shape index (κ3) is 6.44. The molecule has 0 radical (unpaired) electrons. The van der Waals surface area contributed by atoms with Crippen molar-refractivity contribution in [3.63, 3.8) is 0 Å². The molecule has 0 saturated carbocycles. The quantitative estimate of drug-likeness (QED) is 0.182. The highest BCUT2D eigenvalue weighted by atomic mass is 19.1. The van der Waals surface area contributed by atoms with E-state index in [-0.39, 0.29) is 36.1 Å². The number of benzene rings is 4. The Morgan fingerprint density at radius 3 is 1.98 bits per heavy atom. The normalized spacial score (nSPS) is 17.3. The van der Waals surface area contributed by atoms with Gasteiger partial charge in [0.05, 0.1) is 4.92 Å². The summed E-state index contributed by atoms with van der Waals surface area (Å²) >= 11 is 0. The van der Waals surface area contributed by atoms with Gasteiger partial charge in [0.1, 0.15) is 11.6 Å². The van der Waals surface area contributed by atoms with Gasteiger partial charge in [0, 0.05) is 55.0 Å². The molecule has 8 heteroatoms. The SMILES string of the molecule is C[C@@H]1CN(Cc2ccc(F)cc2)[C@@H](C)CN1C(=O)COc1c(-c2ccccc2)cc([N+](=O)[O-])cc1-c1ccccc1. The molecule has 7 nitrogen and oxygen atoms in total. The molecule has 5 rings (SSSR count). The van der Waals surface area contributed by atoms with E-state index < -0.39 is 4.92 Å². The second kappa shape index (κ2) is 12.3. The lowest BCUT2D eigenvalue weighted by Crippen LogP contribution is -2.58. The van der Waals surface area contributed by atoms with Gasteiger partial charge in [0.2, 0.25) is 0 Å². The van der Waals surface area contributed by atoms with E-state index in [9.17, 15) is 19.3 Å². The van der Waals surface area contributed by atoms with Crippen LogP contribution in [0.4, 0.5) is 10.1 Å². The van der Waals surface area contributed by atoms with E-state index in [4.69, 9.17) is 4.74 Å². The Morgan fingerprint density at radius 2 is 1.44 bits per heavy atom. The molecule has 0 unspecified atom stereocenters. The van der Waals surface area contributed by atoms with Crippen molar-refractivity contribution >= 4 is 11.6 Å². The van der Waals surface area contributed by atoms with Crippen LogP contribution in [0.1, 0.15) is 19.4 Å². The fourth-order valence-electron chi connectivity index (χ4n) is 5.35. The summed E-state index contributed by atoms with van der Waals surface area (Å²) < 4.78 is 19.6. The van der Waals surface area contributed by atoms with E-state index in [2.05, 4.69) is 11.8 Å². The van der Waals surface area contributed by atoms with Crippen LogP contribution in [-0.4, -0.2) is 52.4 Å². The van der Waals surface area contributed by atoms with Crippen molar-refractivity contribution in [2.75, 3.05) is 19.7 Å². The molecule has 0 aliphatic carbocycles. The molecule has 1 heterocycles. The maximum atomic E-state index is 13.5. The van der Waals surface area contributed by atoms with Crippen LogP contribution in [0.5, 0.6) is 5.75 Å². The van der Waals surface area contributed by atoms with Gasteiger partial charge >= 0.3 is 0 Å². The summed E-state index contributed by atoms with van der Waals surface area (Å²) in [7, 11) is 0. The number of halogens is 1. The van der Waals surface area contributed by atoms with Crippen molar-refractivity contribution in [2.45, 2.75) is 32.5 Å². The number of hydrogen-bond donors (Lipinski definition) is 0. The van der Waals surface area contributed by atoms with E-state index in [1.165, 1.54) is 24.3 Å². The number of hydrogen-bond acceptors (Lipinski definition) is 5. The maximum absolute atomic E-state index is 13.5. The zero-order chi connectivity index (χ0) is 28.9. The first kappa shape index (κ1) is 28.0. The Morgan fingerprint density at radius 1 is 0.878 bits per heavy atom. The van der Waals surface area contributed by atoms with Gasteiger partial charge in [-0.25, -0.2) is 4.39 Å². The number of ether oxygens (including phenoxy) is 1. The van der Waals surface area contributed by atoms with Gasteiger partial charge < -0.3 is 9.64 Å². The Bertz CT molecular complexity index is 1450. The minimum atomic E-state index is -0.414. The van der Waals surface area contributed by atoms with Gasteiger partial charge in [-0.15, -0.1) is 0 Å². The van der Waals surface area contributed by atoms with Crippen LogP contribution >= 0.6 is 0 Å². The zero-order valence-corrected chi connectivity index (χ0v) is 23.1. The van der Waals surface area contributed by atoms with E-state index >= 15 is 0 Å². The van der Waals surface area contributed by atoms with Crippen molar-refractivity contribution in [3.05, 3.63) is 119 Å². The molecule has 1 aliphatic rings. The maximum Gasteiger partial charge on any atom is 0.270 e. The first-order chi connectivity index (χ1) is 19.8. The predicted octanol–water partition coefficient (Wildman–Crippen LogP) is 6.57. The highest BCUT2D eigenvalue weighted by molar-refractivity contribution is 5.86. The van der Waals surface area contributed by atoms with Crippen molar-refractivity contribution in [1.29, 1.82) is 0 Å². The Labute approximate surface area is 238 Å². The number of nitro benzene ring substituents is 1. The number of carbonyl (C=O) groups is 1. The van der Waals surface area contributed by atoms with Crippen molar-refractivity contribution in [3.8, 4) is 28.0 Å². The molecule has 4 aromatic rings. The fourth-order valence-corrected chi connectivity index (χ4v) is 5.35. The molecule has 4 aromatic carbocycles. The van der Waals surface area contributed by atoms with Gasteiger partial charge in [-0.1, -0.05) is 72.8 Å². The fraction of sp³-hybridized carbons (Fsp3) is 0.242. The molecule has 41 heavy (non-hydrogen) atoms. The van der Waals surface area contributed by atoms with Crippen molar-refractivity contribution in [1.82, 2.24) is 9.80 Å². The molecule has 1 saturated heterocycles. The summed E-state index contributed by atoms with van der Waals surface area (Å²) in [6.07, 6.45) is 0. The van der Waals surface area contributed by atoms with Gasteiger partial charge in [-0.3, -0.25) is 19.8 Å². The lowest BCUT2D eigenvalue weighted by molar-refractivity contribution is -0.384. The Hall–Kier alpha value is -4.56. The summed E-state index contributed by atoms with van der Waals surface area (Å²) in [5.41, 5.74) is 3.59. The van der Waals surface area contributed by atoms with Crippen LogP contribution in [-0.2, 0) is 11.3 Å². The Kier molecular flexibility index (Phi) is 8.40. The molecular weight excluding hydrogens is 521 g/mol. The highest BCUT2D eigenvalue weighted by Gasteiger charge is 2.32. The monoisotopic (exact) mass is 553 g/mol. The molecule has 0 spiro atoms. The van der Waals surface area contributed by atoms with E-state index in [0.717, 1.165) is 16.7 Å². The zero-order valence-electron chi connectivity index (χ0n) is 23.1. The number of nitrogens with zero attached hydrogens (tertiary/aromatic N) is 3. The molecule has 1 amide bonds. The van der Waals surface area contributed by atoms with Crippen LogP contribution in [0, 0.1) is 15.9 Å². The molecule has 2 atom stereocenters. The van der Waals surface area contributed by atoms with E-state index in [1.807, 2.05) is 72.5 Å². The number of carbonyl (C=O) groups excluding carboxylic acids is 1. The van der Waals surface area contributed by atoms with Crippen LogP contribution in [0.25, 0.3) is 22.3 Å². The summed E-state index contributed by atoms with van der Waals surface area (Å²) in [4.78, 5) is 29.1. The molecule has 0 aromatic heterocycles. The number of rotatable bonds is 8. The Balaban J connectivity index is 1.39. The van der Waals surface area contributed by atoms with E-state index in [1.54, 1.807) is 12.1 Å². The smallest absolute Gasteiger partial charge is 0.270 e. The second-order valence-corrected chi connectivity index (χ2v) is 10.4. The van der Waals surface area contributed by atoms with E-state index in [0.29, 0.717) is 36.5 Å². The number of amides is 1. The summed E-state index contributed by atoms with van der Waals surface area (Å²) in [5.74, 6) is 0.0172. The molecule has 1 aliphatic heterocycles. The van der Waals surface area contributed by atoms with Crippen molar-refractivity contribution < 1.29 is 18.8 Å². The highest BCUT2D eigenvalue weighted by Crippen LogP contribution is 2.42. The molecular formula is C33H32FN3O4. The largest absolute Gasteiger partial charge is 0.482 e. The van der Waals surface area contributed by atoms with Gasteiger partial charge in [0.25, 0.3) is 11.6 Å². The predicted molar refractivity (Wildman–Crippen MR) is 157 cm³/mol. The van der Waals surface area contributed by atoms with Crippen LogP contribution in [0.3, 0.4) is 0 Å². The molecule has 1 fully saturated rings. The first-order valence-electron chi connectivity index (χ1n) is 13.6. The number of non-ortho nitro benzene ring substituents is 1. The molecule has 210 valence electrons. The standard InChI is InChI=1S/C33H32FN3O4/c1-23-20-36(24(2)19-35(23)21-25-13-15-28(34)16-14-25)32(38)22-41-33-30(26-9-5-3-6-10-26)17-29(37(39)40)18-31(33)27-11-7-4-8-12-27/h3-18,23-24H,19-22H2,1-2H3/t23-,24+/m0/s1. The summed E-state index contributed by atoms with van der Waals surface area (Å²) in [5, 5.41) is 11.9. The average molecular weight is 554 g/mol.